The monoisotopic (exact) mass is 271 g/mol. The molecule has 1 aromatic rings. The van der Waals surface area contributed by atoms with Crippen LogP contribution in [-0.2, 0) is 0 Å². The minimum atomic E-state index is 0.196. The highest BCUT2D eigenvalue weighted by Crippen LogP contribution is 2.40. The summed E-state index contributed by atoms with van der Waals surface area (Å²) in [7, 11) is 1.55. The Labute approximate surface area is 97.6 Å². The van der Waals surface area contributed by atoms with Crippen molar-refractivity contribution < 1.29 is 9.84 Å². The standard InChI is InChI=1S/C11H14BrNO2/c1-15-9-3-2-8(10(12)11(9)14)7-4-5-13-6-7/h2-3,7,13-14H,4-6H2,1H3. The second kappa shape index (κ2) is 4.41. The van der Waals surface area contributed by atoms with Gasteiger partial charge in [0, 0.05) is 6.54 Å². The molecule has 4 heteroatoms. The third-order valence-electron chi connectivity index (χ3n) is 2.83. The van der Waals surface area contributed by atoms with Crippen LogP contribution in [0.5, 0.6) is 11.5 Å². The molecular weight excluding hydrogens is 258 g/mol. The van der Waals surface area contributed by atoms with E-state index in [0.717, 1.165) is 29.5 Å². The third kappa shape index (κ3) is 1.96. The van der Waals surface area contributed by atoms with Crippen LogP contribution >= 0.6 is 15.9 Å². The van der Waals surface area contributed by atoms with Gasteiger partial charge >= 0.3 is 0 Å². The van der Waals surface area contributed by atoms with Crippen molar-refractivity contribution in [1.82, 2.24) is 5.32 Å². The number of aromatic hydroxyl groups is 1. The van der Waals surface area contributed by atoms with Gasteiger partial charge < -0.3 is 15.2 Å². The normalized spacial score (nSPS) is 20.5. The molecule has 0 aliphatic carbocycles. The first-order valence-electron chi connectivity index (χ1n) is 5.00. The molecular formula is C11H14BrNO2. The van der Waals surface area contributed by atoms with Crippen molar-refractivity contribution in [2.24, 2.45) is 0 Å². The molecule has 3 nitrogen and oxygen atoms in total. The van der Waals surface area contributed by atoms with Crippen LogP contribution in [0.1, 0.15) is 17.9 Å². The van der Waals surface area contributed by atoms with Gasteiger partial charge in [-0.2, -0.15) is 0 Å². The minimum absolute atomic E-state index is 0.196. The number of phenolic OH excluding ortho intramolecular Hbond substituents is 1. The molecule has 0 spiro atoms. The molecule has 2 N–H and O–H groups in total. The maximum absolute atomic E-state index is 9.85. The van der Waals surface area contributed by atoms with Crippen molar-refractivity contribution in [1.29, 1.82) is 0 Å². The average molecular weight is 272 g/mol. The number of nitrogens with one attached hydrogen (secondary N) is 1. The summed E-state index contributed by atoms with van der Waals surface area (Å²) in [6.45, 7) is 2.02. The van der Waals surface area contributed by atoms with Crippen LogP contribution < -0.4 is 10.1 Å². The number of ether oxygens (including phenoxy) is 1. The summed E-state index contributed by atoms with van der Waals surface area (Å²) in [6, 6.07) is 3.83. The first-order chi connectivity index (χ1) is 7.24. The number of halogens is 1. The molecule has 1 saturated heterocycles. The van der Waals surface area contributed by atoms with Gasteiger partial charge in [0.1, 0.15) is 0 Å². The number of rotatable bonds is 2. The maximum Gasteiger partial charge on any atom is 0.172 e. The molecule has 15 heavy (non-hydrogen) atoms. The average Bonchev–Trinajstić information content (AvgIpc) is 2.75. The minimum Gasteiger partial charge on any atom is -0.503 e. The second-order valence-electron chi connectivity index (χ2n) is 3.71. The number of hydrogen-bond donors (Lipinski definition) is 2. The zero-order valence-electron chi connectivity index (χ0n) is 8.59. The largest absolute Gasteiger partial charge is 0.503 e. The van der Waals surface area contributed by atoms with E-state index in [-0.39, 0.29) is 5.75 Å². The fourth-order valence-electron chi connectivity index (χ4n) is 1.96. The molecule has 1 atom stereocenters. The van der Waals surface area contributed by atoms with Gasteiger partial charge in [-0.05, 0) is 46.4 Å². The van der Waals surface area contributed by atoms with Crippen LogP contribution in [0.4, 0.5) is 0 Å². The molecule has 1 fully saturated rings. The first-order valence-corrected chi connectivity index (χ1v) is 5.79. The Morgan fingerprint density at radius 3 is 2.93 bits per heavy atom. The van der Waals surface area contributed by atoms with Crippen LogP contribution in [0.2, 0.25) is 0 Å². The van der Waals surface area contributed by atoms with Crippen molar-refractivity contribution in [2.75, 3.05) is 20.2 Å². The zero-order valence-corrected chi connectivity index (χ0v) is 10.2. The fraction of sp³-hybridized carbons (Fsp3) is 0.455. The number of benzene rings is 1. The molecule has 2 rings (SSSR count). The summed E-state index contributed by atoms with van der Waals surface area (Å²) >= 11 is 3.42. The van der Waals surface area contributed by atoms with E-state index in [9.17, 15) is 5.11 Å². The van der Waals surface area contributed by atoms with Crippen molar-refractivity contribution in [3.8, 4) is 11.5 Å². The lowest BCUT2D eigenvalue weighted by Gasteiger charge is -2.14. The zero-order chi connectivity index (χ0) is 10.8. The van der Waals surface area contributed by atoms with Gasteiger partial charge in [-0.25, -0.2) is 0 Å². The van der Waals surface area contributed by atoms with Gasteiger partial charge in [-0.3, -0.25) is 0 Å². The smallest absolute Gasteiger partial charge is 0.172 e. The van der Waals surface area contributed by atoms with E-state index in [2.05, 4.69) is 21.2 Å². The van der Waals surface area contributed by atoms with Gasteiger partial charge in [0.05, 0.1) is 11.6 Å². The summed E-state index contributed by atoms with van der Waals surface area (Å²) in [5, 5.41) is 13.2. The van der Waals surface area contributed by atoms with Gasteiger partial charge in [-0.1, -0.05) is 6.07 Å². The Morgan fingerprint density at radius 1 is 1.53 bits per heavy atom. The lowest BCUT2D eigenvalue weighted by atomic mass is 9.98. The predicted molar refractivity (Wildman–Crippen MR) is 62.6 cm³/mol. The molecule has 1 aliphatic rings. The highest BCUT2D eigenvalue weighted by atomic mass is 79.9. The van der Waals surface area contributed by atoms with Gasteiger partial charge in [0.25, 0.3) is 0 Å². The predicted octanol–water partition coefficient (Wildman–Crippen LogP) is 2.24. The molecule has 82 valence electrons. The van der Waals surface area contributed by atoms with E-state index in [1.165, 1.54) is 0 Å². The van der Waals surface area contributed by atoms with Crippen molar-refractivity contribution in [3.05, 3.63) is 22.2 Å². The Kier molecular flexibility index (Phi) is 3.17. The summed E-state index contributed by atoms with van der Waals surface area (Å²) < 4.78 is 5.81. The molecule has 0 aromatic heterocycles. The number of phenols is 1. The molecule has 1 heterocycles. The quantitative estimate of drug-likeness (QED) is 0.867. The van der Waals surface area contributed by atoms with Crippen LogP contribution in [0.15, 0.2) is 16.6 Å². The Balaban J connectivity index is 2.36. The number of methoxy groups -OCH3 is 1. The maximum atomic E-state index is 9.85. The fourth-order valence-corrected chi connectivity index (χ4v) is 2.61. The second-order valence-corrected chi connectivity index (χ2v) is 4.50. The van der Waals surface area contributed by atoms with E-state index < -0.39 is 0 Å². The van der Waals surface area contributed by atoms with Gasteiger partial charge in [0.15, 0.2) is 11.5 Å². The Hall–Kier alpha value is -0.740. The molecule has 0 amide bonds. The summed E-state index contributed by atoms with van der Waals surface area (Å²) in [4.78, 5) is 0. The van der Waals surface area contributed by atoms with E-state index in [1.54, 1.807) is 7.11 Å². The summed E-state index contributed by atoms with van der Waals surface area (Å²) in [5.41, 5.74) is 1.15. The third-order valence-corrected chi connectivity index (χ3v) is 3.66. The molecule has 1 aromatic carbocycles. The SMILES string of the molecule is COc1ccc(C2CCNC2)c(Br)c1O. The Bertz CT molecular complexity index is 362. The topological polar surface area (TPSA) is 41.5 Å². The van der Waals surface area contributed by atoms with E-state index in [0.29, 0.717) is 11.7 Å². The van der Waals surface area contributed by atoms with E-state index >= 15 is 0 Å². The van der Waals surface area contributed by atoms with Crippen LogP contribution in [0.25, 0.3) is 0 Å². The highest BCUT2D eigenvalue weighted by Gasteiger charge is 2.21. The van der Waals surface area contributed by atoms with E-state index in [4.69, 9.17) is 4.74 Å². The molecule has 1 aliphatic heterocycles. The lowest BCUT2D eigenvalue weighted by Crippen LogP contribution is -2.08. The Morgan fingerprint density at radius 2 is 2.33 bits per heavy atom. The summed E-state index contributed by atoms with van der Waals surface area (Å²) in [6.07, 6.45) is 1.12. The first kappa shape index (κ1) is 10.8. The molecule has 0 radical (unpaired) electrons. The molecule has 0 bridgehead atoms. The highest BCUT2D eigenvalue weighted by molar-refractivity contribution is 9.10. The van der Waals surface area contributed by atoms with Crippen LogP contribution in [-0.4, -0.2) is 25.3 Å². The van der Waals surface area contributed by atoms with Crippen LogP contribution in [0.3, 0.4) is 0 Å². The van der Waals surface area contributed by atoms with Crippen molar-refractivity contribution >= 4 is 15.9 Å². The van der Waals surface area contributed by atoms with Crippen molar-refractivity contribution in [3.63, 3.8) is 0 Å². The molecule has 1 unspecified atom stereocenters. The van der Waals surface area contributed by atoms with Gasteiger partial charge in [-0.15, -0.1) is 0 Å². The van der Waals surface area contributed by atoms with E-state index in [1.807, 2.05) is 12.1 Å². The van der Waals surface area contributed by atoms with Crippen molar-refractivity contribution in [2.45, 2.75) is 12.3 Å². The van der Waals surface area contributed by atoms with Gasteiger partial charge in [0.2, 0.25) is 0 Å². The number of hydrogen-bond acceptors (Lipinski definition) is 3. The van der Waals surface area contributed by atoms with Crippen LogP contribution in [0, 0.1) is 0 Å². The lowest BCUT2D eigenvalue weighted by molar-refractivity contribution is 0.371. The molecule has 0 saturated carbocycles. The summed E-state index contributed by atoms with van der Waals surface area (Å²) in [5.74, 6) is 1.19.